The zero-order chi connectivity index (χ0) is 15.2. The summed E-state index contributed by atoms with van der Waals surface area (Å²) in [6, 6.07) is 7.49. The summed E-state index contributed by atoms with van der Waals surface area (Å²) in [5.74, 6) is 0.810. The van der Waals surface area contributed by atoms with Crippen LogP contribution in [0.5, 0.6) is 5.75 Å². The zero-order valence-corrected chi connectivity index (χ0v) is 12.5. The van der Waals surface area contributed by atoms with Gasteiger partial charge in [0.15, 0.2) is 0 Å². The van der Waals surface area contributed by atoms with Gasteiger partial charge < -0.3 is 19.9 Å². The van der Waals surface area contributed by atoms with Crippen LogP contribution in [0.15, 0.2) is 24.3 Å². The summed E-state index contributed by atoms with van der Waals surface area (Å²) in [4.78, 5) is 27.0. The molecule has 0 aliphatic carbocycles. The molecule has 2 amide bonds. The fourth-order valence-electron chi connectivity index (χ4n) is 2.34. The largest absolute Gasteiger partial charge is 0.495 e. The first kappa shape index (κ1) is 15.2. The molecule has 0 bridgehead atoms. The lowest BCUT2D eigenvalue weighted by atomic mass is 10.2. The number of hydrogen-bond acceptors (Lipinski definition) is 4. The number of ether oxygens (including phenoxy) is 1. The van der Waals surface area contributed by atoms with Crippen LogP contribution in [0.25, 0.3) is 0 Å². The molecule has 1 heterocycles. The summed E-state index contributed by atoms with van der Waals surface area (Å²) in [6.07, 6.45) is 0. The summed E-state index contributed by atoms with van der Waals surface area (Å²) in [5.41, 5.74) is 0.802. The van der Waals surface area contributed by atoms with Crippen molar-refractivity contribution in [1.29, 1.82) is 0 Å². The summed E-state index contributed by atoms with van der Waals surface area (Å²) < 4.78 is 5.23. The zero-order valence-electron chi connectivity index (χ0n) is 12.5. The number of hydrogen-bond donors (Lipinski definition) is 1. The second-order valence-corrected chi connectivity index (χ2v) is 4.94. The van der Waals surface area contributed by atoms with E-state index < -0.39 is 0 Å². The smallest absolute Gasteiger partial charge is 0.241 e. The molecule has 1 aromatic rings. The van der Waals surface area contributed by atoms with Crippen LogP contribution in [0.2, 0.25) is 0 Å². The van der Waals surface area contributed by atoms with Crippen molar-refractivity contribution in [2.24, 2.45) is 0 Å². The molecule has 0 unspecified atom stereocenters. The van der Waals surface area contributed by atoms with Crippen molar-refractivity contribution in [3.63, 3.8) is 0 Å². The van der Waals surface area contributed by atoms with E-state index in [0.29, 0.717) is 31.9 Å². The maximum absolute atomic E-state index is 12.2. The van der Waals surface area contributed by atoms with Crippen LogP contribution in [-0.2, 0) is 9.59 Å². The highest BCUT2D eigenvalue weighted by atomic mass is 16.5. The van der Waals surface area contributed by atoms with E-state index in [4.69, 9.17) is 4.74 Å². The molecule has 6 heteroatoms. The highest BCUT2D eigenvalue weighted by molar-refractivity contribution is 5.82. The van der Waals surface area contributed by atoms with Crippen LogP contribution in [0.3, 0.4) is 0 Å². The number of nitrogens with zero attached hydrogens (tertiary/aromatic N) is 2. The second-order valence-electron chi connectivity index (χ2n) is 4.94. The molecule has 114 valence electrons. The lowest BCUT2D eigenvalue weighted by Crippen LogP contribution is -2.51. The molecule has 0 spiro atoms. The Morgan fingerprint density at radius 3 is 2.38 bits per heavy atom. The van der Waals surface area contributed by atoms with Gasteiger partial charge in [-0.2, -0.15) is 0 Å². The van der Waals surface area contributed by atoms with Gasteiger partial charge in [0.05, 0.1) is 19.3 Å². The number of rotatable bonds is 4. The summed E-state index contributed by atoms with van der Waals surface area (Å²) >= 11 is 0. The van der Waals surface area contributed by atoms with Crippen molar-refractivity contribution in [3.05, 3.63) is 24.3 Å². The number of benzene rings is 1. The van der Waals surface area contributed by atoms with Gasteiger partial charge in [0, 0.05) is 33.1 Å². The second kappa shape index (κ2) is 6.97. The quantitative estimate of drug-likeness (QED) is 0.891. The Balaban J connectivity index is 1.84. The molecule has 0 radical (unpaired) electrons. The molecule has 6 nitrogen and oxygen atoms in total. The predicted molar refractivity (Wildman–Crippen MR) is 80.3 cm³/mol. The third-order valence-electron chi connectivity index (χ3n) is 3.61. The Morgan fingerprint density at radius 2 is 1.76 bits per heavy atom. The van der Waals surface area contributed by atoms with E-state index in [0.717, 1.165) is 5.69 Å². The van der Waals surface area contributed by atoms with Crippen molar-refractivity contribution in [1.82, 2.24) is 9.80 Å². The minimum absolute atomic E-state index is 0.0316. The van der Waals surface area contributed by atoms with Gasteiger partial charge in [-0.05, 0) is 12.1 Å². The van der Waals surface area contributed by atoms with Crippen molar-refractivity contribution in [2.75, 3.05) is 45.2 Å². The van der Waals surface area contributed by atoms with E-state index >= 15 is 0 Å². The fraction of sp³-hybridized carbons (Fsp3) is 0.467. The summed E-state index contributed by atoms with van der Waals surface area (Å²) in [5, 5.41) is 3.10. The Labute approximate surface area is 124 Å². The minimum atomic E-state index is 0.0316. The summed E-state index contributed by atoms with van der Waals surface area (Å²) in [6.45, 7) is 4.17. The predicted octanol–water partition coefficient (Wildman–Crippen LogP) is 0.798. The van der Waals surface area contributed by atoms with Gasteiger partial charge in [0.1, 0.15) is 5.75 Å². The standard InChI is InChI=1S/C15H21N3O3/c1-12(19)17-7-9-18(10-8-17)15(20)11-16-13-5-3-4-6-14(13)21-2/h3-6,16H,7-11H2,1-2H3. The molecule has 1 N–H and O–H groups in total. The molecule has 0 aromatic heterocycles. The van der Waals surface area contributed by atoms with Gasteiger partial charge in [-0.1, -0.05) is 12.1 Å². The number of carbonyl (C=O) groups is 2. The van der Waals surface area contributed by atoms with Crippen molar-refractivity contribution in [2.45, 2.75) is 6.92 Å². The molecule has 0 atom stereocenters. The topological polar surface area (TPSA) is 61.9 Å². The number of anilines is 1. The Bertz CT molecular complexity index is 511. The maximum Gasteiger partial charge on any atom is 0.241 e. The highest BCUT2D eigenvalue weighted by Crippen LogP contribution is 2.22. The van der Waals surface area contributed by atoms with E-state index in [1.807, 2.05) is 24.3 Å². The number of methoxy groups -OCH3 is 1. The molecule has 2 rings (SSSR count). The van der Waals surface area contributed by atoms with E-state index in [9.17, 15) is 9.59 Å². The number of nitrogens with one attached hydrogen (secondary N) is 1. The van der Waals surface area contributed by atoms with E-state index in [2.05, 4.69) is 5.32 Å². The van der Waals surface area contributed by atoms with Crippen LogP contribution < -0.4 is 10.1 Å². The number of carbonyl (C=O) groups excluding carboxylic acids is 2. The van der Waals surface area contributed by atoms with E-state index in [1.165, 1.54) is 0 Å². The van der Waals surface area contributed by atoms with Gasteiger partial charge in [-0.15, -0.1) is 0 Å². The molecule has 1 fully saturated rings. The molecular formula is C15H21N3O3. The van der Waals surface area contributed by atoms with Gasteiger partial charge in [-0.3, -0.25) is 9.59 Å². The number of amides is 2. The van der Waals surface area contributed by atoms with Crippen LogP contribution in [0, 0.1) is 0 Å². The molecule has 21 heavy (non-hydrogen) atoms. The average molecular weight is 291 g/mol. The molecule has 1 aliphatic rings. The van der Waals surface area contributed by atoms with E-state index in [1.54, 1.807) is 23.8 Å². The normalized spacial score (nSPS) is 14.8. The molecular weight excluding hydrogens is 270 g/mol. The lowest BCUT2D eigenvalue weighted by Gasteiger charge is -2.34. The van der Waals surface area contributed by atoms with Crippen LogP contribution in [0.1, 0.15) is 6.92 Å². The first-order chi connectivity index (χ1) is 10.1. The van der Waals surface area contributed by atoms with Gasteiger partial charge in [0.25, 0.3) is 0 Å². The average Bonchev–Trinajstić information content (AvgIpc) is 2.52. The number of piperazine rings is 1. The fourth-order valence-corrected chi connectivity index (χ4v) is 2.34. The Kier molecular flexibility index (Phi) is 5.03. The molecule has 1 aromatic carbocycles. The third kappa shape index (κ3) is 3.87. The first-order valence-corrected chi connectivity index (χ1v) is 7.02. The molecule has 1 saturated heterocycles. The molecule has 1 aliphatic heterocycles. The van der Waals surface area contributed by atoms with Crippen LogP contribution >= 0.6 is 0 Å². The van der Waals surface area contributed by atoms with Gasteiger partial charge >= 0.3 is 0 Å². The maximum atomic E-state index is 12.2. The van der Waals surface area contributed by atoms with Gasteiger partial charge in [-0.25, -0.2) is 0 Å². The number of para-hydroxylation sites is 2. The van der Waals surface area contributed by atoms with Gasteiger partial charge in [0.2, 0.25) is 11.8 Å². The summed E-state index contributed by atoms with van der Waals surface area (Å²) in [7, 11) is 1.60. The van der Waals surface area contributed by atoms with E-state index in [-0.39, 0.29) is 18.4 Å². The Hall–Kier alpha value is -2.24. The van der Waals surface area contributed by atoms with Crippen molar-refractivity contribution >= 4 is 17.5 Å². The van der Waals surface area contributed by atoms with Crippen molar-refractivity contribution in [3.8, 4) is 5.75 Å². The van der Waals surface area contributed by atoms with Crippen LogP contribution in [0.4, 0.5) is 5.69 Å². The Morgan fingerprint density at radius 1 is 1.14 bits per heavy atom. The third-order valence-corrected chi connectivity index (χ3v) is 3.61. The van der Waals surface area contributed by atoms with Crippen molar-refractivity contribution < 1.29 is 14.3 Å². The molecule has 0 saturated carbocycles. The lowest BCUT2D eigenvalue weighted by molar-refractivity contribution is -0.137. The van der Waals surface area contributed by atoms with Crippen LogP contribution in [-0.4, -0.2) is 61.4 Å². The minimum Gasteiger partial charge on any atom is -0.495 e. The SMILES string of the molecule is COc1ccccc1NCC(=O)N1CCN(C(C)=O)CC1. The monoisotopic (exact) mass is 291 g/mol. The highest BCUT2D eigenvalue weighted by Gasteiger charge is 2.22. The first-order valence-electron chi connectivity index (χ1n) is 7.02.